The molecule has 48 valence electrons. The average Bonchev–Trinajstić information content (AvgIpc) is 1.84. The van der Waals surface area contributed by atoms with Gasteiger partial charge in [-0.3, -0.25) is 0 Å². The van der Waals surface area contributed by atoms with Gasteiger partial charge in [0.05, 0.1) is 0 Å². The van der Waals surface area contributed by atoms with Crippen LogP contribution in [0.5, 0.6) is 0 Å². The molecule has 0 saturated heterocycles. The van der Waals surface area contributed by atoms with Gasteiger partial charge in [0.25, 0.3) is 0 Å². The van der Waals surface area contributed by atoms with Crippen molar-refractivity contribution in [1.29, 1.82) is 0 Å². The molecule has 0 heterocycles. The summed E-state index contributed by atoms with van der Waals surface area (Å²) in [5, 5.41) is 1.98. The van der Waals surface area contributed by atoms with E-state index in [9.17, 15) is 0 Å². The Labute approximate surface area is 67.6 Å². The Hall–Kier alpha value is 0.700. The molecule has 0 aliphatic carbocycles. The highest BCUT2D eigenvalue weighted by Crippen LogP contribution is 2.07. The van der Waals surface area contributed by atoms with Gasteiger partial charge in [-0.1, -0.05) is 43.0 Å². The van der Waals surface area contributed by atoms with Crippen LogP contribution in [0.2, 0.25) is 0 Å². The molecule has 0 N–H and O–H groups in total. The number of halogens is 2. The fourth-order valence-corrected chi connectivity index (χ4v) is 1.19. The fraction of sp³-hybridized carbons (Fsp3) is 0.667. The normalized spacial score (nSPS) is 13.5. The lowest BCUT2D eigenvalue weighted by atomic mass is 10.2. The number of allylic oxidation sites excluding steroid dienone is 2. The van der Waals surface area contributed by atoms with E-state index in [1.165, 1.54) is 11.1 Å². The number of rotatable bonds is 2. The van der Waals surface area contributed by atoms with Gasteiger partial charge in [-0.2, -0.15) is 0 Å². The summed E-state index contributed by atoms with van der Waals surface area (Å²) in [5.74, 6) is 0. The topological polar surface area (TPSA) is 0 Å². The Kier molecular flexibility index (Phi) is 4.97. The molecule has 0 rings (SSSR count). The van der Waals surface area contributed by atoms with E-state index in [4.69, 9.17) is 0 Å². The first-order valence-electron chi connectivity index (χ1n) is 2.49. The molecule has 0 amide bonds. The summed E-state index contributed by atoms with van der Waals surface area (Å²) in [6.07, 6.45) is 0. The molecule has 0 bridgehead atoms. The molecule has 0 aromatic heterocycles. The van der Waals surface area contributed by atoms with Crippen molar-refractivity contribution >= 4 is 31.9 Å². The standard InChI is InChI=1S/C6H10Br2/c1-5(3-7)6(2)4-8/h3-4H2,1-2H3/b6-5-. The van der Waals surface area contributed by atoms with Crippen molar-refractivity contribution in [1.82, 2.24) is 0 Å². The fourth-order valence-electron chi connectivity index (χ4n) is 0.228. The summed E-state index contributed by atoms with van der Waals surface area (Å²) in [7, 11) is 0. The van der Waals surface area contributed by atoms with Gasteiger partial charge in [-0.25, -0.2) is 0 Å². The molecule has 8 heavy (non-hydrogen) atoms. The summed E-state index contributed by atoms with van der Waals surface area (Å²) in [6.45, 7) is 4.26. The molecule has 0 fully saturated rings. The Morgan fingerprint density at radius 3 is 1.38 bits per heavy atom. The lowest BCUT2D eigenvalue weighted by Gasteiger charge is -1.97. The van der Waals surface area contributed by atoms with E-state index in [0.717, 1.165) is 10.7 Å². The van der Waals surface area contributed by atoms with Crippen LogP contribution in [0, 0.1) is 0 Å². The van der Waals surface area contributed by atoms with E-state index in [2.05, 4.69) is 45.7 Å². The van der Waals surface area contributed by atoms with Crippen molar-refractivity contribution in [3.8, 4) is 0 Å². The monoisotopic (exact) mass is 240 g/mol. The molecule has 0 spiro atoms. The van der Waals surface area contributed by atoms with Crippen molar-refractivity contribution in [2.45, 2.75) is 13.8 Å². The van der Waals surface area contributed by atoms with Gasteiger partial charge in [-0.05, 0) is 13.8 Å². The highest BCUT2D eigenvalue weighted by atomic mass is 79.9. The van der Waals surface area contributed by atoms with Crippen molar-refractivity contribution in [3.63, 3.8) is 0 Å². The van der Waals surface area contributed by atoms with Crippen LogP contribution in [0.3, 0.4) is 0 Å². The van der Waals surface area contributed by atoms with Gasteiger partial charge in [-0.15, -0.1) is 0 Å². The van der Waals surface area contributed by atoms with E-state index in [0.29, 0.717) is 0 Å². The Balaban J connectivity index is 3.83. The molecule has 0 nitrogen and oxygen atoms in total. The van der Waals surface area contributed by atoms with E-state index < -0.39 is 0 Å². The highest BCUT2D eigenvalue weighted by molar-refractivity contribution is 9.09. The molecule has 0 saturated carbocycles. The van der Waals surface area contributed by atoms with Crippen LogP contribution in [-0.2, 0) is 0 Å². The predicted octanol–water partition coefficient (Wildman–Crippen LogP) is 3.11. The SMILES string of the molecule is C/C(CBr)=C(\C)CBr. The van der Waals surface area contributed by atoms with Crippen molar-refractivity contribution in [3.05, 3.63) is 11.1 Å². The maximum Gasteiger partial charge on any atom is 0.0241 e. The zero-order chi connectivity index (χ0) is 6.57. The Morgan fingerprint density at radius 1 is 1.00 bits per heavy atom. The molecular weight excluding hydrogens is 232 g/mol. The van der Waals surface area contributed by atoms with Crippen LogP contribution in [0.4, 0.5) is 0 Å². The minimum absolute atomic E-state index is 0.991. The van der Waals surface area contributed by atoms with Crippen LogP contribution in [0.1, 0.15) is 13.8 Å². The lowest BCUT2D eigenvalue weighted by Crippen LogP contribution is -1.84. The van der Waals surface area contributed by atoms with Crippen molar-refractivity contribution < 1.29 is 0 Å². The van der Waals surface area contributed by atoms with Crippen LogP contribution in [0.15, 0.2) is 11.1 Å². The van der Waals surface area contributed by atoms with Crippen molar-refractivity contribution in [2.75, 3.05) is 10.7 Å². The summed E-state index contributed by atoms with van der Waals surface area (Å²) in [5.41, 5.74) is 2.84. The third-order valence-corrected chi connectivity index (χ3v) is 2.81. The quantitative estimate of drug-likeness (QED) is 0.515. The smallest absolute Gasteiger partial charge is 0.0241 e. The molecule has 0 aliphatic heterocycles. The van der Waals surface area contributed by atoms with Crippen LogP contribution in [-0.4, -0.2) is 10.7 Å². The minimum atomic E-state index is 0.991. The Bertz CT molecular complexity index is 82.7. The molecular formula is C6H10Br2. The second-order valence-electron chi connectivity index (χ2n) is 1.83. The van der Waals surface area contributed by atoms with Gasteiger partial charge in [0.1, 0.15) is 0 Å². The van der Waals surface area contributed by atoms with E-state index in [1.807, 2.05) is 0 Å². The number of hydrogen-bond donors (Lipinski definition) is 0. The molecule has 0 unspecified atom stereocenters. The predicted molar refractivity (Wildman–Crippen MR) is 46.0 cm³/mol. The molecule has 0 aromatic rings. The van der Waals surface area contributed by atoms with Gasteiger partial charge in [0, 0.05) is 10.7 Å². The van der Waals surface area contributed by atoms with Gasteiger partial charge < -0.3 is 0 Å². The van der Waals surface area contributed by atoms with E-state index >= 15 is 0 Å². The second kappa shape index (κ2) is 4.57. The first-order valence-corrected chi connectivity index (χ1v) is 4.73. The Morgan fingerprint density at radius 2 is 1.25 bits per heavy atom. The largest absolute Gasteiger partial charge is 0.0880 e. The van der Waals surface area contributed by atoms with E-state index in [-0.39, 0.29) is 0 Å². The zero-order valence-corrected chi connectivity index (χ0v) is 8.34. The minimum Gasteiger partial charge on any atom is -0.0880 e. The van der Waals surface area contributed by atoms with Crippen LogP contribution >= 0.6 is 31.9 Å². The summed E-state index contributed by atoms with van der Waals surface area (Å²) in [4.78, 5) is 0. The summed E-state index contributed by atoms with van der Waals surface area (Å²) in [6, 6.07) is 0. The number of alkyl halides is 2. The third-order valence-electron chi connectivity index (χ3n) is 1.13. The zero-order valence-electron chi connectivity index (χ0n) is 5.17. The highest BCUT2D eigenvalue weighted by Gasteiger charge is 1.90. The first kappa shape index (κ1) is 8.70. The summed E-state index contributed by atoms with van der Waals surface area (Å²) >= 11 is 6.75. The van der Waals surface area contributed by atoms with Gasteiger partial charge in [0.15, 0.2) is 0 Å². The van der Waals surface area contributed by atoms with Crippen LogP contribution < -0.4 is 0 Å². The van der Waals surface area contributed by atoms with Gasteiger partial charge >= 0.3 is 0 Å². The summed E-state index contributed by atoms with van der Waals surface area (Å²) < 4.78 is 0. The lowest BCUT2D eigenvalue weighted by molar-refractivity contribution is 1.26. The average molecular weight is 242 g/mol. The van der Waals surface area contributed by atoms with Crippen molar-refractivity contribution in [2.24, 2.45) is 0 Å². The molecule has 0 radical (unpaired) electrons. The second-order valence-corrected chi connectivity index (χ2v) is 2.95. The van der Waals surface area contributed by atoms with Gasteiger partial charge in [0.2, 0.25) is 0 Å². The number of hydrogen-bond acceptors (Lipinski definition) is 0. The van der Waals surface area contributed by atoms with E-state index in [1.54, 1.807) is 0 Å². The third kappa shape index (κ3) is 2.88. The maximum absolute atomic E-state index is 3.38. The maximum atomic E-state index is 3.38. The first-order chi connectivity index (χ1) is 3.72. The molecule has 0 atom stereocenters. The molecule has 0 aliphatic rings. The molecule has 0 aromatic carbocycles. The van der Waals surface area contributed by atoms with Crippen LogP contribution in [0.25, 0.3) is 0 Å². The molecule has 2 heteroatoms.